The summed E-state index contributed by atoms with van der Waals surface area (Å²) in [6, 6.07) is 2.17. The number of aliphatic hydroxyl groups is 2. The van der Waals surface area contributed by atoms with E-state index in [1.54, 1.807) is 5.57 Å². The average Bonchev–Trinajstić information content (AvgIpc) is 3.48. The lowest BCUT2D eigenvalue weighted by molar-refractivity contribution is -0.0818. The Morgan fingerprint density at radius 2 is 1.93 bits per heavy atom. The number of nitrogens with one attached hydrogen (secondary N) is 1. The molecule has 4 saturated carbocycles. The molecule has 0 saturated heterocycles. The first-order valence-electron chi connectivity index (χ1n) is 16.6. The monoisotopic (exact) mass is 543 g/mol. The molecule has 0 aromatic carbocycles. The van der Waals surface area contributed by atoms with Gasteiger partial charge in [0.05, 0.1) is 0 Å². The van der Waals surface area contributed by atoms with Crippen LogP contribution in [-0.2, 0) is 6.42 Å². The maximum absolute atomic E-state index is 10.4. The van der Waals surface area contributed by atoms with E-state index in [1.807, 2.05) is 6.20 Å². The molecular formula is C37H53NO2. The van der Waals surface area contributed by atoms with Crippen molar-refractivity contribution >= 4 is 0 Å². The second-order valence-corrected chi connectivity index (χ2v) is 16.2. The second-order valence-electron chi connectivity index (χ2n) is 16.2. The molecule has 0 radical (unpaired) electrons. The van der Waals surface area contributed by atoms with Crippen LogP contribution in [0.4, 0.5) is 0 Å². The number of rotatable bonds is 8. The van der Waals surface area contributed by atoms with E-state index in [9.17, 15) is 10.2 Å². The van der Waals surface area contributed by atoms with Gasteiger partial charge in [-0.15, -0.1) is 0 Å². The van der Waals surface area contributed by atoms with Gasteiger partial charge in [0.1, 0.15) is 0 Å². The zero-order valence-corrected chi connectivity index (χ0v) is 25.4. The van der Waals surface area contributed by atoms with Crippen LogP contribution in [0.1, 0.15) is 97.0 Å². The van der Waals surface area contributed by atoms with Crippen LogP contribution in [-0.4, -0.2) is 28.4 Å². The van der Waals surface area contributed by atoms with E-state index in [2.05, 4.69) is 56.2 Å². The summed E-state index contributed by atoms with van der Waals surface area (Å²) in [5.74, 6) is 3.10. The zero-order valence-electron chi connectivity index (χ0n) is 25.4. The molecule has 1 heterocycles. The number of aromatic nitrogens is 1. The second kappa shape index (κ2) is 9.21. The van der Waals surface area contributed by atoms with Gasteiger partial charge in [-0.1, -0.05) is 56.7 Å². The highest BCUT2D eigenvalue weighted by Crippen LogP contribution is 2.89. The SMILES string of the molecule is C=C1C=C2C3(CCC(CC(CO)Cc4cc[nH]c4)C3)CC3(CCC(CCCO)C3)C3CC=CC4(C1C4(C)C)C23C. The van der Waals surface area contributed by atoms with E-state index in [0.717, 1.165) is 31.1 Å². The minimum absolute atomic E-state index is 0.206. The fraction of sp³-hybridized carbons (Fsp3) is 0.730. The van der Waals surface area contributed by atoms with Crippen molar-refractivity contribution in [1.29, 1.82) is 0 Å². The highest BCUT2D eigenvalue weighted by molar-refractivity contribution is 5.56. The minimum atomic E-state index is 0.206. The third kappa shape index (κ3) is 3.49. The molecule has 0 bridgehead atoms. The molecule has 4 fully saturated rings. The molecule has 1 aromatic heterocycles. The van der Waals surface area contributed by atoms with Crippen molar-refractivity contribution in [3.05, 3.63) is 60.0 Å². The van der Waals surface area contributed by atoms with Crippen LogP contribution in [0.2, 0.25) is 0 Å². The van der Waals surface area contributed by atoms with Gasteiger partial charge in [0, 0.05) is 36.4 Å². The van der Waals surface area contributed by atoms with Crippen LogP contribution in [0.15, 0.2) is 54.4 Å². The van der Waals surface area contributed by atoms with E-state index in [1.165, 1.54) is 68.9 Å². The number of aromatic amines is 1. The number of allylic oxidation sites excluding steroid dienone is 5. The van der Waals surface area contributed by atoms with E-state index in [-0.39, 0.29) is 28.3 Å². The smallest absolute Gasteiger partial charge is 0.0462 e. The molecule has 6 aliphatic carbocycles. The summed E-state index contributed by atoms with van der Waals surface area (Å²) >= 11 is 0. The summed E-state index contributed by atoms with van der Waals surface area (Å²) in [5.41, 5.74) is 5.89. The summed E-state index contributed by atoms with van der Waals surface area (Å²) in [5, 5.41) is 20.0. The van der Waals surface area contributed by atoms with Gasteiger partial charge >= 0.3 is 0 Å². The summed E-state index contributed by atoms with van der Waals surface area (Å²) in [6.45, 7) is 13.2. The lowest BCUT2D eigenvalue weighted by atomic mass is 9.38. The Morgan fingerprint density at radius 1 is 1.10 bits per heavy atom. The van der Waals surface area contributed by atoms with Crippen molar-refractivity contribution in [2.75, 3.05) is 13.2 Å². The molecule has 3 spiro atoms. The molecule has 40 heavy (non-hydrogen) atoms. The summed E-state index contributed by atoms with van der Waals surface area (Å²) in [7, 11) is 0. The van der Waals surface area contributed by atoms with Crippen molar-refractivity contribution in [2.24, 2.45) is 56.7 Å². The molecule has 9 unspecified atom stereocenters. The Morgan fingerprint density at radius 3 is 2.67 bits per heavy atom. The van der Waals surface area contributed by atoms with Crippen LogP contribution in [0.5, 0.6) is 0 Å². The third-order valence-electron chi connectivity index (χ3n) is 14.1. The molecule has 9 atom stereocenters. The van der Waals surface area contributed by atoms with Gasteiger partial charge in [-0.3, -0.25) is 0 Å². The quantitative estimate of drug-likeness (QED) is 0.291. The van der Waals surface area contributed by atoms with Crippen LogP contribution < -0.4 is 0 Å². The molecule has 218 valence electrons. The Balaban J connectivity index is 1.26. The molecule has 3 nitrogen and oxygen atoms in total. The molecular weight excluding hydrogens is 490 g/mol. The molecule has 0 aliphatic heterocycles. The largest absolute Gasteiger partial charge is 0.396 e. The van der Waals surface area contributed by atoms with Crippen molar-refractivity contribution in [1.82, 2.24) is 4.98 Å². The van der Waals surface area contributed by atoms with E-state index < -0.39 is 0 Å². The van der Waals surface area contributed by atoms with Gasteiger partial charge in [0.15, 0.2) is 0 Å². The van der Waals surface area contributed by atoms with Gasteiger partial charge in [-0.05, 0) is 135 Å². The highest BCUT2D eigenvalue weighted by Gasteiger charge is 2.83. The first kappa shape index (κ1) is 27.3. The van der Waals surface area contributed by atoms with Gasteiger partial charge in [-0.2, -0.15) is 0 Å². The average molecular weight is 544 g/mol. The zero-order chi connectivity index (χ0) is 28.0. The Kier molecular flexibility index (Phi) is 6.28. The number of hydrogen-bond donors (Lipinski definition) is 3. The topological polar surface area (TPSA) is 56.2 Å². The normalized spacial score (nSPS) is 45.0. The Bertz CT molecular complexity index is 1210. The summed E-state index contributed by atoms with van der Waals surface area (Å²) in [6.07, 6.45) is 26.9. The molecule has 6 aliphatic rings. The van der Waals surface area contributed by atoms with Crippen LogP contribution >= 0.6 is 0 Å². The fourth-order valence-corrected chi connectivity index (χ4v) is 12.9. The van der Waals surface area contributed by atoms with Crippen molar-refractivity contribution < 1.29 is 10.2 Å². The van der Waals surface area contributed by atoms with E-state index >= 15 is 0 Å². The minimum Gasteiger partial charge on any atom is -0.396 e. The van der Waals surface area contributed by atoms with Crippen molar-refractivity contribution in [2.45, 2.75) is 97.8 Å². The van der Waals surface area contributed by atoms with Gasteiger partial charge in [0.25, 0.3) is 0 Å². The third-order valence-corrected chi connectivity index (χ3v) is 14.1. The predicted octanol–water partition coefficient (Wildman–Crippen LogP) is 8.03. The maximum Gasteiger partial charge on any atom is 0.0462 e. The van der Waals surface area contributed by atoms with Crippen LogP contribution in [0, 0.1) is 56.7 Å². The van der Waals surface area contributed by atoms with Crippen molar-refractivity contribution in [3.63, 3.8) is 0 Å². The maximum atomic E-state index is 10.4. The molecule has 7 rings (SSSR count). The van der Waals surface area contributed by atoms with Crippen LogP contribution in [0.25, 0.3) is 0 Å². The molecule has 0 amide bonds. The van der Waals surface area contributed by atoms with Gasteiger partial charge in [0.2, 0.25) is 0 Å². The number of aliphatic hydroxyl groups excluding tert-OH is 2. The Hall–Kier alpha value is -1.58. The Labute approximate surface area is 242 Å². The van der Waals surface area contributed by atoms with E-state index in [0.29, 0.717) is 29.8 Å². The van der Waals surface area contributed by atoms with E-state index in [4.69, 9.17) is 6.58 Å². The van der Waals surface area contributed by atoms with Gasteiger partial charge < -0.3 is 15.2 Å². The number of hydrogen-bond acceptors (Lipinski definition) is 2. The number of fused-ring (bicyclic) bond motifs is 2. The summed E-state index contributed by atoms with van der Waals surface area (Å²) < 4.78 is 0. The predicted molar refractivity (Wildman–Crippen MR) is 162 cm³/mol. The van der Waals surface area contributed by atoms with Crippen LogP contribution in [0.3, 0.4) is 0 Å². The lowest BCUT2D eigenvalue weighted by Crippen LogP contribution is -2.58. The fourth-order valence-electron chi connectivity index (χ4n) is 12.9. The first-order chi connectivity index (χ1) is 19.2. The lowest BCUT2D eigenvalue weighted by Gasteiger charge is -2.66. The number of H-pyrrole nitrogens is 1. The van der Waals surface area contributed by atoms with Crippen molar-refractivity contribution in [3.8, 4) is 0 Å². The first-order valence-corrected chi connectivity index (χ1v) is 16.6. The molecule has 1 aromatic rings. The standard InChI is InChI=1S/C37H53NO2/c1-25-17-31-34(4)30(8-5-12-37(34)32(25)33(37,2)3)35(13-9-26(20-35)7-6-16-39)24-36(31)14-10-27(21-36)18-29(23-40)19-28-11-15-38-22-28/h5,11-12,15,17,22,26-27,29-30,32,38-40H,1,6-10,13-14,16,18-21,23-24H2,2-4H3. The molecule has 3 heteroatoms. The highest BCUT2D eigenvalue weighted by atomic mass is 16.3. The molecule has 3 N–H and O–H groups in total. The van der Waals surface area contributed by atoms with Gasteiger partial charge in [-0.25, -0.2) is 0 Å². The summed E-state index contributed by atoms with van der Waals surface area (Å²) in [4.78, 5) is 3.20.